The lowest BCUT2D eigenvalue weighted by Gasteiger charge is -2.12. The van der Waals surface area contributed by atoms with E-state index in [1.54, 1.807) is 11.8 Å². The summed E-state index contributed by atoms with van der Waals surface area (Å²) in [5.41, 5.74) is 4.74. The Kier molecular flexibility index (Phi) is 6.00. The van der Waals surface area contributed by atoms with Crippen LogP contribution in [-0.4, -0.2) is 16.2 Å². The molecule has 0 spiro atoms. The molecule has 0 atom stereocenters. The standard InChI is InChI=1S/C22H21N3OS/c1-16-8-9-17(2)25(16)19-12-10-18(11-13-19)22(26)24-20-6-3-4-7-21(20)27-15-5-14-23/h3-4,6-13H,5,15H2,1-2H3,(H,24,26). The summed E-state index contributed by atoms with van der Waals surface area (Å²) in [5, 5.41) is 11.7. The van der Waals surface area contributed by atoms with Crippen LogP contribution in [0.25, 0.3) is 5.69 Å². The Hall–Kier alpha value is -2.97. The molecule has 0 unspecified atom stereocenters. The maximum atomic E-state index is 12.6. The second-order valence-electron chi connectivity index (χ2n) is 6.21. The van der Waals surface area contributed by atoms with E-state index in [0.717, 1.165) is 27.7 Å². The topological polar surface area (TPSA) is 57.8 Å². The van der Waals surface area contributed by atoms with Crippen LogP contribution < -0.4 is 5.32 Å². The first kappa shape index (κ1) is 18.8. The van der Waals surface area contributed by atoms with Gasteiger partial charge in [0.15, 0.2) is 0 Å². The fraction of sp³-hybridized carbons (Fsp3) is 0.182. The van der Waals surface area contributed by atoms with Crippen molar-refractivity contribution in [2.75, 3.05) is 11.1 Å². The summed E-state index contributed by atoms with van der Waals surface area (Å²) in [6, 6.07) is 21.6. The van der Waals surface area contributed by atoms with Crippen molar-refractivity contribution in [1.82, 2.24) is 4.57 Å². The molecule has 1 aromatic heterocycles. The molecule has 4 nitrogen and oxygen atoms in total. The van der Waals surface area contributed by atoms with Gasteiger partial charge in [0.05, 0.1) is 11.8 Å². The van der Waals surface area contributed by atoms with E-state index >= 15 is 0 Å². The molecule has 2 aromatic carbocycles. The highest BCUT2D eigenvalue weighted by Crippen LogP contribution is 2.28. The van der Waals surface area contributed by atoms with Crippen molar-refractivity contribution in [2.45, 2.75) is 25.2 Å². The number of benzene rings is 2. The van der Waals surface area contributed by atoms with E-state index < -0.39 is 0 Å². The van der Waals surface area contributed by atoms with Crippen molar-refractivity contribution in [1.29, 1.82) is 5.26 Å². The average molecular weight is 375 g/mol. The van der Waals surface area contributed by atoms with E-state index in [4.69, 9.17) is 5.26 Å². The summed E-state index contributed by atoms with van der Waals surface area (Å²) in [5.74, 6) is 0.559. The summed E-state index contributed by atoms with van der Waals surface area (Å²) < 4.78 is 2.16. The first-order valence-electron chi connectivity index (χ1n) is 8.75. The molecular formula is C22H21N3OS. The average Bonchev–Trinajstić information content (AvgIpc) is 3.02. The Morgan fingerprint density at radius 3 is 2.37 bits per heavy atom. The van der Waals surface area contributed by atoms with Crippen LogP contribution >= 0.6 is 11.8 Å². The Morgan fingerprint density at radius 2 is 1.70 bits per heavy atom. The first-order valence-corrected chi connectivity index (χ1v) is 9.74. The van der Waals surface area contributed by atoms with E-state index in [0.29, 0.717) is 17.7 Å². The molecule has 3 rings (SSSR count). The monoisotopic (exact) mass is 375 g/mol. The summed E-state index contributed by atoms with van der Waals surface area (Å²) >= 11 is 1.57. The molecule has 136 valence electrons. The number of hydrogen-bond donors (Lipinski definition) is 1. The number of hydrogen-bond acceptors (Lipinski definition) is 3. The fourth-order valence-electron chi connectivity index (χ4n) is 2.93. The highest BCUT2D eigenvalue weighted by atomic mass is 32.2. The Bertz CT molecular complexity index is 964. The van der Waals surface area contributed by atoms with E-state index in [2.05, 4.69) is 41.9 Å². The molecule has 0 fully saturated rings. The maximum absolute atomic E-state index is 12.6. The quantitative estimate of drug-likeness (QED) is 0.466. The number of rotatable bonds is 6. The van der Waals surface area contributed by atoms with Gasteiger partial charge in [0.1, 0.15) is 0 Å². The third-order valence-electron chi connectivity index (χ3n) is 4.27. The number of anilines is 1. The molecule has 5 heteroatoms. The van der Waals surface area contributed by atoms with Gasteiger partial charge in [0.2, 0.25) is 0 Å². The molecule has 0 aliphatic rings. The SMILES string of the molecule is Cc1ccc(C)n1-c1ccc(C(=O)Nc2ccccc2SCCC#N)cc1. The predicted molar refractivity (Wildman–Crippen MR) is 111 cm³/mol. The number of nitrogens with one attached hydrogen (secondary N) is 1. The van der Waals surface area contributed by atoms with Gasteiger partial charge in [-0.05, 0) is 62.4 Å². The van der Waals surface area contributed by atoms with E-state index in [1.807, 2.05) is 48.5 Å². The number of nitrogens with zero attached hydrogens (tertiary/aromatic N) is 2. The van der Waals surface area contributed by atoms with Crippen molar-refractivity contribution < 1.29 is 4.79 Å². The Balaban J connectivity index is 1.75. The third kappa shape index (κ3) is 4.42. The highest BCUT2D eigenvalue weighted by molar-refractivity contribution is 7.99. The first-order chi connectivity index (χ1) is 13.1. The zero-order chi connectivity index (χ0) is 19.2. The van der Waals surface area contributed by atoms with Crippen molar-refractivity contribution in [3.8, 4) is 11.8 Å². The van der Waals surface area contributed by atoms with Gasteiger partial charge >= 0.3 is 0 Å². The van der Waals surface area contributed by atoms with Gasteiger partial charge < -0.3 is 9.88 Å². The number of para-hydroxylation sites is 1. The molecule has 0 aliphatic carbocycles. The Morgan fingerprint density at radius 1 is 1.04 bits per heavy atom. The lowest BCUT2D eigenvalue weighted by molar-refractivity contribution is 0.102. The number of carbonyl (C=O) groups excluding carboxylic acids is 1. The number of carbonyl (C=O) groups is 1. The molecule has 1 heterocycles. The number of aromatic nitrogens is 1. The summed E-state index contributed by atoms with van der Waals surface area (Å²) in [6.07, 6.45) is 0.479. The molecule has 1 amide bonds. The molecular weight excluding hydrogens is 354 g/mol. The molecule has 0 saturated heterocycles. The molecule has 3 aromatic rings. The Labute approximate surface area is 163 Å². The van der Waals surface area contributed by atoms with E-state index in [-0.39, 0.29) is 5.91 Å². The van der Waals surface area contributed by atoms with Crippen LogP contribution in [0, 0.1) is 25.2 Å². The number of nitriles is 1. The predicted octanol–water partition coefficient (Wildman–Crippen LogP) is 5.35. The maximum Gasteiger partial charge on any atom is 0.255 e. The van der Waals surface area contributed by atoms with Crippen LogP contribution in [-0.2, 0) is 0 Å². The van der Waals surface area contributed by atoms with Gasteiger partial charge in [-0.1, -0.05) is 12.1 Å². The van der Waals surface area contributed by atoms with Crippen molar-refractivity contribution in [3.05, 3.63) is 77.6 Å². The fourth-order valence-corrected chi connectivity index (χ4v) is 3.80. The number of aryl methyl sites for hydroxylation is 2. The van der Waals surface area contributed by atoms with Gasteiger partial charge in [-0.2, -0.15) is 5.26 Å². The molecule has 0 aliphatic heterocycles. The minimum atomic E-state index is -0.143. The van der Waals surface area contributed by atoms with Gasteiger partial charge in [0, 0.05) is 39.7 Å². The second kappa shape index (κ2) is 8.61. The van der Waals surface area contributed by atoms with E-state index in [9.17, 15) is 4.79 Å². The van der Waals surface area contributed by atoms with Crippen LogP contribution in [0.1, 0.15) is 28.2 Å². The summed E-state index contributed by atoms with van der Waals surface area (Å²) in [6.45, 7) is 4.13. The molecule has 1 N–H and O–H groups in total. The largest absolute Gasteiger partial charge is 0.321 e. The second-order valence-corrected chi connectivity index (χ2v) is 7.34. The van der Waals surface area contributed by atoms with Gasteiger partial charge in [-0.25, -0.2) is 0 Å². The van der Waals surface area contributed by atoms with Gasteiger partial charge in [-0.15, -0.1) is 11.8 Å². The van der Waals surface area contributed by atoms with Crippen molar-refractivity contribution >= 4 is 23.4 Å². The van der Waals surface area contributed by atoms with Crippen LogP contribution in [0.2, 0.25) is 0 Å². The minimum absolute atomic E-state index is 0.143. The zero-order valence-corrected chi connectivity index (χ0v) is 16.2. The van der Waals surface area contributed by atoms with Gasteiger partial charge in [-0.3, -0.25) is 4.79 Å². The molecule has 0 radical (unpaired) electrons. The lowest BCUT2D eigenvalue weighted by atomic mass is 10.2. The molecule has 27 heavy (non-hydrogen) atoms. The van der Waals surface area contributed by atoms with E-state index in [1.165, 1.54) is 0 Å². The number of thioether (sulfide) groups is 1. The smallest absolute Gasteiger partial charge is 0.255 e. The highest BCUT2D eigenvalue weighted by Gasteiger charge is 2.10. The van der Waals surface area contributed by atoms with Crippen LogP contribution in [0.3, 0.4) is 0 Å². The van der Waals surface area contributed by atoms with Crippen LogP contribution in [0.5, 0.6) is 0 Å². The van der Waals surface area contributed by atoms with Crippen LogP contribution in [0.15, 0.2) is 65.6 Å². The van der Waals surface area contributed by atoms with Crippen molar-refractivity contribution in [2.24, 2.45) is 0 Å². The normalized spacial score (nSPS) is 10.4. The molecule has 0 saturated carbocycles. The lowest BCUT2D eigenvalue weighted by Crippen LogP contribution is -2.12. The van der Waals surface area contributed by atoms with Crippen molar-refractivity contribution in [3.63, 3.8) is 0 Å². The molecule has 0 bridgehead atoms. The summed E-state index contributed by atoms with van der Waals surface area (Å²) in [7, 11) is 0. The summed E-state index contributed by atoms with van der Waals surface area (Å²) in [4.78, 5) is 13.6. The van der Waals surface area contributed by atoms with Crippen LogP contribution in [0.4, 0.5) is 5.69 Å². The third-order valence-corrected chi connectivity index (χ3v) is 5.34. The number of amides is 1. The van der Waals surface area contributed by atoms with Gasteiger partial charge in [0.25, 0.3) is 5.91 Å². The zero-order valence-electron chi connectivity index (χ0n) is 15.4. The minimum Gasteiger partial charge on any atom is -0.321 e.